The summed E-state index contributed by atoms with van der Waals surface area (Å²) in [6.07, 6.45) is 2.12. The predicted octanol–water partition coefficient (Wildman–Crippen LogP) is 0.547. The van der Waals surface area contributed by atoms with Gasteiger partial charge in [-0.25, -0.2) is 4.79 Å². The molecule has 0 aliphatic rings. The number of carbonyl (C=O) groups excluding carboxylic acids is 2. The van der Waals surface area contributed by atoms with Gasteiger partial charge >= 0.3 is 6.03 Å². The number of nitrogens with one attached hydrogen (secondary N) is 2. The number of benzene rings is 1. The molecule has 5 nitrogen and oxygen atoms in total. The van der Waals surface area contributed by atoms with Crippen LogP contribution in [0.2, 0.25) is 0 Å². The second-order valence-corrected chi connectivity index (χ2v) is 4.33. The fourth-order valence-corrected chi connectivity index (χ4v) is 1.80. The third-order valence-electron chi connectivity index (χ3n) is 2.86. The molecule has 0 unspecified atom stereocenters. The molecule has 1 atom stereocenters. The van der Waals surface area contributed by atoms with Crippen molar-refractivity contribution in [1.82, 2.24) is 10.6 Å². The quantitative estimate of drug-likeness (QED) is 0.656. The number of hydrogen-bond acceptors (Lipinski definition) is 2. The number of rotatable bonds is 6. The van der Waals surface area contributed by atoms with Crippen LogP contribution in [0.15, 0.2) is 30.3 Å². The first-order valence-corrected chi connectivity index (χ1v) is 6.59. The predicted molar refractivity (Wildman–Crippen MR) is 73.5 cm³/mol. The lowest BCUT2D eigenvalue weighted by Gasteiger charge is -2.15. The molecule has 0 aliphatic carbocycles. The standard InChI is InChI=1S/C14H21N3O2/c1-3-4-10-16-12(11-8-6-5-7-9-11)13(18)17-14(19)15-2/h5-9,12,16H,3-4,10H2,1-2H3,(H2,15,17,18,19)/p+1/t12-/m0/s1. The Kier molecular flexibility index (Phi) is 6.60. The molecule has 0 heterocycles. The summed E-state index contributed by atoms with van der Waals surface area (Å²) in [4.78, 5) is 23.3. The van der Waals surface area contributed by atoms with Gasteiger partial charge in [-0.2, -0.15) is 0 Å². The van der Waals surface area contributed by atoms with Crippen LogP contribution in [0.4, 0.5) is 4.79 Å². The molecular weight excluding hydrogens is 242 g/mol. The zero-order valence-corrected chi connectivity index (χ0v) is 11.5. The molecule has 19 heavy (non-hydrogen) atoms. The number of unbranched alkanes of at least 4 members (excludes halogenated alkanes) is 1. The number of imide groups is 1. The average Bonchev–Trinajstić information content (AvgIpc) is 2.44. The van der Waals surface area contributed by atoms with Gasteiger partial charge in [0.25, 0.3) is 5.91 Å². The van der Waals surface area contributed by atoms with Gasteiger partial charge in [0.05, 0.1) is 6.54 Å². The third-order valence-corrected chi connectivity index (χ3v) is 2.86. The second-order valence-electron chi connectivity index (χ2n) is 4.33. The monoisotopic (exact) mass is 264 g/mol. The van der Waals surface area contributed by atoms with Crippen molar-refractivity contribution in [2.45, 2.75) is 25.8 Å². The molecule has 0 radical (unpaired) electrons. The van der Waals surface area contributed by atoms with E-state index in [2.05, 4.69) is 17.6 Å². The van der Waals surface area contributed by atoms with Crippen molar-refractivity contribution in [2.75, 3.05) is 13.6 Å². The van der Waals surface area contributed by atoms with Crippen LogP contribution in [0.25, 0.3) is 0 Å². The summed E-state index contributed by atoms with van der Waals surface area (Å²) in [6, 6.07) is 8.63. The first-order chi connectivity index (χ1) is 9.19. The number of carbonyl (C=O) groups is 2. The zero-order valence-electron chi connectivity index (χ0n) is 11.5. The maximum atomic E-state index is 12.1. The lowest BCUT2D eigenvalue weighted by atomic mass is 10.1. The topological polar surface area (TPSA) is 74.8 Å². The van der Waals surface area contributed by atoms with Gasteiger partial charge in [0.2, 0.25) is 0 Å². The van der Waals surface area contributed by atoms with E-state index in [1.807, 2.05) is 35.6 Å². The van der Waals surface area contributed by atoms with Gasteiger partial charge < -0.3 is 10.6 Å². The summed E-state index contributed by atoms with van der Waals surface area (Å²) < 4.78 is 0. The molecule has 104 valence electrons. The lowest BCUT2D eigenvalue weighted by molar-refractivity contribution is -0.683. The molecule has 0 saturated heterocycles. The molecule has 3 amide bonds. The molecule has 1 aromatic rings. The zero-order chi connectivity index (χ0) is 14.1. The molecule has 0 aliphatic heterocycles. The molecule has 0 fully saturated rings. The molecule has 1 aromatic carbocycles. The largest absolute Gasteiger partial charge is 0.341 e. The minimum atomic E-state index is -0.477. The van der Waals surface area contributed by atoms with Crippen LogP contribution in [0.1, 0.15) is 31.4 Å². The third kappa shape index (κ3) is 5.09. The first kappa shape index (κ1) is 15.2. The summed E-state index contributed by atoms with van der Waals surface area (Å²) in [7, 11) is 1.49. The van der Waals surface area contributed by atoms with E-state index in [9.17, 15) is 9.59 Å². The molecule has 5 heteroatoms. The van der Waals surface area contributed by atoms with E-state index in [1.54, 1.807) is 0 Å². The van der Waals surface area contributed by atoms with E-state index >= 15 is 0 Å². The van der Waals surface area contributed by atoms with Crippen LogP contribution in [-0.2, 0) is 4.79 Å². The number of amides is 3. The highest BCUT2D eigenvalue weighted by molar-refractivity contribution is 5.96. The lowest BCUT2D eigenvalue weighted by Crippen LogP contribution is -2.87. The fourth-order valence-electron chi connectivity index (χ4n) is 1.80. The molecule has 4 N–H and O–H groups in total. The maximum absolute atomic E-state index is 12.1. The van der Waals surface area contributed by atoms with Gasteiger partial charge in [-0.1, -0.05) is 43.7 Å². The van der Waals surface area contributed by atoms with Crippen molar-refractivity contribution in [2.24, 2.45) is 0 Å². The second kappa shape index (κ2) is 8.26. The highest BCUT2D eigenvalue weighted by Gasteiger charge is 2.24. The van der Waals surface area contributed by atoms with Gasteiger partial charge in [0.1, 0.15) is 0 Å². The highest BCUT2D eigenvalue weighted by Crippen LogP contribution is 2.08. The van der Waals surface area contributed by atoms with E-state index in [0.717, 1.165) is 24.9 Å². The van der Waals surface area contributed by atoms with E-state index in [-0.39, 0.29) is 11.9 Å². The Morgan fingerprint density at radius 2 is 1.95 bits per heavy atom. The van der Waals surface area contributed by atoms with Gasteiger partial charge in [-0.3, -0.25) is 10.1 Å². The van der Waals surface area contributed by atoms with Crippen LogP contribution in [-0.4, -0.2) is 25.5 Å². The minimum absolute atomic E-state index is 0.290. The summed E-state index contributed by atoms with van der Waals surface area (Å²) in [5.41, 5.74) is 0.903. The Morgan fingerprint density at radius 3 is 2.53 bits per heavy atom. The smallest absolute Gasteiger partial charge is 0.321 e. The maximum Gasteiger partial charge on any atom is 0.321 e. The van der Waals surface area contributed by atoms with Crippen LogP contribution in [0.3, 0.4) is 0 Å². The van der Waals surface area contributed by atoms with Gasteiger partial charge in [-0.05, 0) is 6.42 Å². The molecule has 0 saturated carbocycles. The van der Waals surface area contributed by atoms with Crippen LogP contribution >= 0.6 is 0 Å². The summed E-state index contributed by atoms with van der Waals surface area (Å²) in [6.45, 7) is 2.97. The summed E-state index contributed by atoms with van der Waals surface area (Å²) >= 11 is 0. The normalized spacial score (nSPS) is 11.7. The van der Waals surface area contributed by atoms with Crippen LogP contribution < -0.4 is 16.0 Å². The Labute approximate surface area is 113 Å². The SMILES string of the molecule is CCCC[NH2+][C@H](C(=O)NC(=O)NC)c1ccccc1. The molecule has 1 rings (SSSR count). The van der Waals surface area contributed by atoms with Crippen molar-refractivity contribution in [3.63, 3.8) is 0 Å². The molecular formula is C14H22N3O2+. The van der Waals surface area contributed by atoms with Gasteiger partial charge in [-0.15, -0.1) is 0 Å². The number of hydrogen-bond donors (Lipinski definition) is 3. The molecule has 0 spiro atoms. The van der Waals surface area contributed by atoms with E-state index in [4.69, 9.17) is 0 Å². The molecule has 0 aromatic heterocycles. The fraction of sp³-hybridized carbons (Fsp3) is 0.429. The summed E-state index contributed by atoms with van der Waals surface area (Å²) in [5, 5.41) is 6.69. The number of quaternary nitrogens is 1. The van der Waals surface area contributed by atoms with Crippen molar-refractivity contribution < 1.29 is 14.9 Å². The Morgan fingerprint density at radius 1 is 1.26 bits per heavy atom. The first-order valence-electron chi connectivity index (χ1n) is 6.59. The Hall–Kier alpha value is -1.88. The summed E-state index contributed by atoms with van der Waals surface area (Å²) in [5.74, 6) is -0.290. The van der Waals surface area contributed by atoms with Crippen molar-refractivity contribution >= 4 is 11.9 Å². The van der Waals surface area contributed by atoms with E-state index in [0.29, 0.717) is 0 Å². The van der Waals surface area contributed by atoms with Crippen molar-refractivity contribution in [3.8, 4) is 0 Å². The van der Waals surface area contributed by atoms with E-state index < -0.39 is 6.03 Å². The van der Waals surface area contributed by atoms with Crippen molar-refractivity contribution in [3.05, 3.63) is 35.9 Å². The minimum Gasteiger partial charge on any atom is -0.341 e. The highest BCUT2D eigenvalue weighted by atomic mass is 16.2. The van der Waals surface area contributed by atoms with Crippen LogP contribution in [0.5, 0.6) is 0 Å². The Bertz CT molecular complexity index is 406. The number of urea groups is 1. The van der Waals surface area contributed by atoms with Crippen LogP contribution in [0, 0.1) is 0 Å². The molecule has 0 bridgehead atoms. The van der Waals surface area contributed by atoms with Gasteiger partial charge in [0.15, 0.2) is 6.04 Å². The Balaban J connectivity index is 2.74. The average molecular weight is 264 g/mol. The van der Waals surface area contributed by atoms with E-state index in [1.165, 1.54) is 7.05 Å². The number of nitrogens with two attached hydrogens (primary N) is 1. The van der Waals surface area contributed by atoms with Crippen molar-refractivity contribution in [1.29, 1.82) is 0 Å². The van der Waals surface area contributed by atoms with Gasteiger partial charge in [0, 0.05) is 12.6 Å².